The van der Waals surface area contributed by atoms with Crippen LogP contribution in [0.15, 0.2) is 24.3 Å². The van der Waals surface area contributed by atoms with Crippen LogP contribution in [0.25, 0.3) is 0 Å². The molecular weight excluding hydrogens is 354 g/mol. The summed E-state index contributed by atoms with van der Waals surface area (Å²) in [6.45, 7) is 2.25. The second-order valence-electron chi connectivity index (χ2n) is 8.63. The molecule has 3 rings (SSSR count). The molecule has 1 saturated heterocycles. The van der Waals surface area contributed by atoms with Crippen molar-refractivity contribution in [1.82, 2.24) is 15.1 Å². The van der Waals surface area contributed by atoms with Crippen molar-refractivity contribution in [3.63, 3.8) is 0 Å². The van der Waals surface area contributed by atoms with E-state index in [4.69, 9.17) is 9.47 Å². The van der Waals surface area contributed by atoms with Gasteiger partial charge in [-0.05, 0) is 70.3 Å². The minimum atomic E-state index is -0.0790. The lowest BCUT2D eigenvalue weighted by Crippen LogP contribution is -2.55. The number of nitrogens with zero attached hydrogens (tertiary/aromatic N) is 2. The van der Waals surface area contributed by atoms with Crippen LogP contribution in [0.5, 0.6) is 5.75 Å². The molecule has 0 atom stereocenters. The van der Waals surface area contributed by atoms with Gasteiger partial charge in [0.25, 0.3) is 0 Å². The van der Waals surface area contributed by atoms with Crippen LogP contribution in [0.2, 0.25) is 0 Å². The Bertz CT molecular complexity index is 651. The first-order valence-corrected chi connectivity index (χ1v) is 10.3. The van der Waals surface area contributed by atoms with Crippen molar-refractivity contribution in [1.29, 1.82) is 0 Å². The van der Waals surface area contributed by atoms with Crippen LogP contribution in [-0.2, 0) is 11.3 Å². The molecule has 28 heavy (non-hydrogen) atoms. The molecular formula is C22H35N3O3. The summed E-state index contributed by atoms with van der Waals surface area (Å²) in [5.41, 5.74) is 1.27. The lowest BCUT2D eigenvalue weighted by molar-refractivity contribution is 0.0475. The predicted octanol–water partition coefficient (Wildman–Crippen LogP) is 3.26. The van der Waals surface area contributed by atoms with Crippen molar-refractivity contribution < 1.29 is 14.3 Å². The lowest BCUT2D eigenvalue weighted by atomic mass is 9.70. The molecule has 0 bridgehead atoms. The van der Waals surface area contributed by atoms with Gasteiger partial charge in [-0.1, -0.05) is 12.1 Å². The van der Waals surface area contributed by atoms with Gasteiger partial charge in [0, 0.05) is 32.3 Å². The molecule has 1 aliphatic carbocycles. The molecule has 0 unspecified atom stereocenters. The Morgan fingerprint density at radius 1 is 1.11 bits per heavy atom. The van der Waals surface area contributed by atoms with Gasteiger partial charge in [-0.15, -0.1) is 0 Å². The zero-order chi connectivity index (χ0) is 20.2. The third-order valence-electron chi connectivity index (χ3n) is 6.76. The van der Waals surface area contributed by atoms with E-state index in [-0.39, 0.29) is 17.1 Å². The van der Waals surface area contributed by atoms with E-state index in [9.17, 15) is 4.79 Å². The van der Waals surface area contributed by atoms with E-state index in [1.807, 2.05) is 29.2 Å². The molecule has 0 radical (unpaired) electrons. The van der Waals surface area contributed by atoms with Crippen molar-refractivity contribution in [2.45, 2.75) is 56.1 Å². The summed E-state index contributed by atoms with van der Waals surface area (Å²) in [7, 11) is 7.81. The maximum Gasteiger partial charge on any atom is 0.318 e. The normalized spacial score (nSPS) is 27.5. The summed E-state index contributed by atoms with van der Waals surface area (Å²) in [5.74, 6) is 0.840. The lowest BCUT2D eigenvalue weighted by Gasteiger charge is -2.48. The molecule has 1 aromatic rings. The number of ether oxygens (including phenoxy) is 2. The number of methoxy groups -OCH3 is 2. The average molecular weight is 390 g/mol. The van der Waals surface area contributed by atoms with Crippen molar-refractivity contribution in [2.75, 3.05) is 41.5 Å². The van der Waals surface area contributed by atoms with Gasteiger partial charge in [0.05, 0.1) is 12.6 Å². The summed E-state index contributed by atoms with van der Waals surface area (Å²) in [4.78, 5) is 17.0. The highest BCUT2D eigenvalue weighted by Crippen LogP contribution is 2.42. The number of hydrogen-bond donors (Lipinski definition) is 1. The second kappa shape index (κ2) is 8.70. The summed E-state index contributed by atoms with van der Waals surface area (Å²) in [6.07, 6.45) is 6.51. The Labute approximate surface area is 169 Å². The molecule has 1 heterocycles. The van der Waals surface area contributed by atoms with Crippen LogP contribution in [0.3, 0.4) is 0 Å². The first kappa shape index (κ1) is 20.9. The highest BCUT2D eigenvalue weighted by Gasteiger charge is 2.49. The maximum atomic E-state index is 12.6. The van der Waals surface area contributed by atoms with E-state index >= 15 is 0 Å². The minimum absolute atomic E-state index is 0.0626. The summed E-state index contributed by atoms with van der Waals surface area (Å²) in [5, 5.41) is 3.33. The Hall–Kier alpha value is -1.79. The van der Waals surface area contributed by atoms with Crippen LogP contribution in [0, 0.1) is 0 Å². The van der Waals surface area contributed by atoms with Gasteiger partial charge in [0.15, 0.2) is 0 Å². The molecule has 0 aromatic heterocycles. The third kappa shape index (κ3) is 4.44. The third-order valence-corrected chi connectivity index (χ3v) is 6.76. The van der Waals surface area contributed by atoms with Crippen molar-refractivity contribution in [3.8, 4) is 5.75 Å². The van der Waals surface area contributed by atoms with Crippen molar-refractivity contribution in [3.05, 3.63) is 29.8 Å². The predicted molar refractivity (Wildman–Crippen MR) is 111 cm³/mol. The first-order chi connectivity index (χ1) is 13.4. The number of rotatable bonds is 8. The summed E-state index contributed by atoms with van der Waals surface area (Å²) < 4.78 is 10.5. The van der Waals surface area contributed by atoms with Gasteiger partial charge in [-0.2, -0.15) is 0 Å². The first-order valence-electron chi connectivity index (χ1n) is 10.3. The fraction of sp³-hybridized carbons (Fsp3) is 0.682. The zero-order valence-corrected chi connectivity index (χ0v) is 17.8. The fourth-order valence-electron chi connectivity index (χ4n) is 4.81. The molecule has 1 aliphatic heterocycles. The van der Waals surface area contributed by atoms with E-state index in [1.165, 1.54) is 0 Å². The van der Waals surface area contributed by atoms with E-state index in [0.29, 0.717) is 6.54 Å². The van der Waals surface area contributed by atoms with E-state index in [0.717, 1.165) is 63.0 Å². The quantitative estimate of drug-likeness (QED) is 0.694. The molecule has 1 N–H and O–H groups in total. The summed E-state index contributed by atoms with van der Waals surface area (Å²) >= 11 is 0. The van der Waals surface area contributed by atoms with Gasteiger partial charge < -0.3 is 24.6 Å². The molecule has 6 nitrogen and oxygen atoms in total. The molecule has 2 amide bonds. The molecule has 2 fully saturated rings. The van der Waals surface area contributed by atoms with Crippen LogP contribution in [0.1, 0.15) is 44.1 Å². The number of amides is 2. The molecule has 156 valence electrons. The number of carbonyl (C=O) groups excluding carboxylic acids is 1. The fourth-order valence-corrected chi connectivity index (χ4v) is 4.81. The molecule has 1 spiro atoms. The van der Waals surface area contributed by atoms with Gasteiger partial charge in [-0.25, -0.2) is 4.79 Å². The van der Waals surface area contributed by atoms with E-state index < -0.39 is 0 Å². The topological polar surface area (TPSA) is 54.0 Å². The van der Waals surface area contributed by atoms with E-state index in [2.05, 4.69) is 24.3 Å². The van der Waals surface area contributed by atoms with Gasteiger partial charge in [-0.3, -0.25) is 0 Å². The number of urea groups is 1. The zero-order valence-electron chi connectivity index (χ0n) is 17.8. The van der Waals surface area contributed by atoms with Gasteiger partial charge in [0.1, 0.15) is 5.75 Å². The SMILES string of the molecule is COCCCC1(N(C)C)CCC2(CC1)CN(Cc1ccc(OC)cc1)C(=O)N2. The second-order valence-corrected chi connectivity index (χ2v) is 8.63. The molecule has 2 aliphatic rings. The summed E-state index contributed by atoms with van der Waals surface area (Å²) in [6, 6.07) is 8.03. The Morgan fingerprint density at radius 3 is 2.36 bits per heavy atom. The number of benzene rings is 1. The Balaban J connectivity index is 1.61. The van der Waals surface area contributed by atoms with Crippen molar-refractivity contribution >= 4 is 6.03 Å². The average Bonchev–Trinajstić information content (AvgIpc) is 2.99. The highest BCUT2D eigenvalue weighted by molar-refractivity contribution is 5.78. The molecule has 1 aromatic carbocycles. The van der Waals surface area contributed by atoms with Crippen LogP contribution < -0.4 is 10.1 Å². The van der Waals surface area contributed by atoms with Crippen LogP contribution in [-0.4, -0.2) is 68.4 Å². The Morgan fingerprint density at radius 2 is 1.79 bits per heavy atom. The largest absolute Gasteiger partial charge is 0.497 e. The van der Waals surface area contributed by atoms with Crippen LogP contribution >= 0.6 is 0 Å². The van der Waals surface area contributed by atoms with Crippen molar-refractivity contribution in [2.24, 2.45) is 0 Å². The van der Waals surface area contributed by atoms with E-state index in [1.54, 1.807) is 14.2 Å². The number of hydrogen-bond acceptors (Lipinski definition) is 4. The monoisotopic (exact) mass is 389 g/mol. The van der Waals surface area contributed by atoms with Gasteiger partial charge in [0.2, 0.25) is 0 Å². The molecule has 6 heteroatoms. The Kier molecular flexibility index (Phi) is 6.50. The standard InChI is InChI=1S/C22H35N3O3/c1-24(2)22(10-5-15-27-3)13-11-21(12-14-22)17-25(20(26)23-21)16-18-6-8-19(28-4)9-7-18/h6-9H,5,10-17H2,1-4H3,(H,23,26). The number of nitrogens with one attached hydrogen (secondary N) is 1. The van der Waals surface area contributed by atoms with Gasteiger partial charge >= 0.3 is 6.03 Å². The number of carbonyl (C=O) groups is 1. The van der Waals surface area contributed by atoms with Crippen LogP contribution in [0.4, 0.5) is 4.79 Å². The molecule has 1 saturated carbocycles. The highest BCUT2D eigenvalue weighted by atomic mass is 16.5. The minimum Gasteiger partial charge on any atom is -0.497 e. The maximum absolute atomic E-state index is 12.6. The smallest absolute Gasteiger partial charge is 0.318 e.